The van der Waals surface area contributed by atoms with Gasteiger partial charge in [0, 0.05) is 5.56 Å². The maximum absolute atomic E-state index is 13.2. The van der Waals surface area contributed by atoms with E-state index in [1.165, 1.54) is 12.1 Å². The number of thiocarbonyl (C=S) groups is 1. The van der Waals surface area contributed by atoms with Crippen molar-refractivity contribution in [2.45, 2.75) is 19.4 Å². The third-order valence-corrected chi connectivity index (χ3v) is 3.17. The third kappa shape index (κ3) is 3.74. The molecule has 92 valence electrons. The number of hydrogen-bond acceptors (Lipinski definition) is 2. The topological polar surface area (TPSA) is 55.1 Å². The Hall–Kier alpha value is -1.01. The first-order valence-electron chi connectivity index (χ1n) is 5.01. The van der Waals surface area contributed by atoms with Gasteiger partial charge in [0.25, 0.3) is 5.91 Å². The van der Waals surface area contributed by atoms with Crippen molar-refractivity contribution < 1.29 is 9.18 Å². The van der Waals surface area contributed by atoms with Gasteiger partial charge < -0.3 is 11.1 Å². The molecule has 1 amide bonds. The van der Waals surface area contributed by atoms with Gasteiger partial charge in [-0.15, -0.1) is 0 Å². The van der Waals surface area contributed by atoms with Gasteiger partial charge in [0.05, 0.1) is 15.5 Å². The summed E-state index contributed by atoms with van der Waals surface area (Å²) in [5.74, 6) is -0.878. The lowest BCUT2D eigenvalue weighted by Gasteiger charge is -2.15. The maximum atomic E-state index is 13.2. The Kier molecular flexibility index (Phi) is 5.02. The summed E-state index contributed by atoms with van der Waals surface area (Å²) in [6.45, 7) is 1.85. The number of rotatable bonds is 4. The van der Waals surface area contributed by atoms with Gasteiger partial charge in [-0.1, -0.05) is 19.1 Å². The van der Waals surface area contributed by atoms with Crippen LogP contribution in [0.25, 0.3) is 0 Å². The van der Waals surface area contributed by atoms with E-state index in [9.17, 15) is 9.18 Å². The molecule has 1 atom stereocenters. The number of nitrogens with two attached hydrogens (primary N) is 1. The zero-order valence-corrected chi connectivity index (χ0v) is 11.6. The van der Waals surface area contributed by atoms with E-state index in [1.54, 1.807) is 0 Å². The Balaban J connectivity index is 2.82. The van der Waals surface area contributed by atoms with Crippen LogP contribution < -0.4 is 11.1 Å². The van der Waals surface area contributed by atoms with E-state index >= 15 is 0 Å². The van der Waals surface area contributed by atoms with Crippen LogP contribution in [0.3, 0.4) is 0 Å². The van der Waals surface area contributed by atoms with E-state index in [0.717, 1.165) is 6.07 Å². The molecule has 3 N–H and O–H groups in total. The minimum absolute atomic E-state index is 0.221. The number of nitrogens with one attached hydrogen (secondary N) is 1. The largest absolute Gasteiger partial charge is 0.392 e. The van der Waals surface area contributed by atoms with E-state index in [0.29, 0.717) is 10.9 Å². The average molecular weight is 319 g/mol. The second-order valence-corrected chi connectivity index (χ2v) is 4.79. The minimum atomic E-state index is -0.485. The summed E-state index contributed by atoms with van der Waals surface area (Å²) in [6, 6.07) is 3.79. The van der Waals surface area contributed by atoms with Crippen molar-refractivity contribution in [3.05, 3.63) is 34.1 Å². The van der Waals surface area contributed by atoms with Crippen molar-refractivity contribution in [3.63, 3.8) is 0 Å². The second-order valence-electron chi connectivity index (χ2n) is 3.47. The van der Waals surface area contributed by atoms with Crippen molar-refractivity contribution >= 4 is 39.0 Å². The molecule has 0 aliphatic heterocycles. The standard InChI is InChI=1S/C11H12BrFN2OS/c1-2-9(10(14)17)15-11(16)6-3-4-7(12)8(13)5-6/h3-5,9H,2H2,1H3,(H2,14,17)(H,15,16). The molecule has 17 heavy (non-hydrogen) atoms. The summed E-state index contributed by atoms with van der Waals surface area (Å²) < 4.78 is 13.6. The Morgan fingerprint density at radius 3 is 2.76 bits per heavy atom. The van der Waals surface area contributed by atoms with Crippen molar-refractivity contribution in [1.29, 1.82) is 0 Å². The molecule has 3 nitrogen and oxygen atoms in total. The Morgan fingerprint density at radius 1 is 1.65 bits per heavy atom. The molecule has 0 bridgehead atoms. The molecule has 1 aromatic carbocycles. The van der Waals surface area contributed by atoms with Gasteiger partial charge in [-0.25, -0.2) is 4.39 Å². The molecule has 0 saturated carbocycles. The number of halogens is 2. The van der Waals surface area contributed by atoms with E-state index in [4.69, 9.17) is 18.0 Å². The van der Waals surface area contributed by atoms with Crippen molar-refractivity contribution in [3.8, 4) is 0 Å². The Bertz CT molecular complexity index is 453. The lowest BCUT2D eigenvalue weighted by Crippen LogP contribution is -2.43. The smallest absolute Gasteiger partial charge is 0.251 e. The number of carbonyl (C=O) groups excluding carboxylic acids is 1. The van der Waals surface area contributed by atoms with Crippen molar-refractivity contribution in [1.82, 2.24) is 5.32 Å². The molecule has 0 fully saturated rings. The van der Waals surface area contributed by atoms with Crippen LogP contribution in [0.5, 0.6) is 0 Å². The molecule has 0 aliphatic rings. The van der Waals surface area contributed by atoms with Crippen LogP contribution in [0.2, 0.25) is 0 Å². The molecule has 1 aromatic rings. The number of hydrogen-bond donors (Lipinski definition) is 2. The van der Waals surface area contributed by atoms with E-state index < -0.39 is 11.7 Å². The Labute approximate surface area is 113 Å². The normalized spacial score (nSPS) is 11.9. The van der Waals surface area contributed by atoms with Crippen LogP contribution in [-0.4, -0.2) is 16.9 Å². The molecular formula is C11H12BrFN2OS. The minimum Gasteiger partial charge on any atom is -0.392 e. The van der Waals surface area contributed by atoms with Gasteiger partial charge in [-0.2, -0.15) is 0 Å². The Morgan fingerprint density at radius 2 is 2.29 bits per heavy atom. The molecule has 0 radical (unpaired) electrons. The first-order chi connectivity index (χ1) is 7.95. The number of benzene rings is 1. The fourth-order valence-electron chi connectivity index (χ4n) is 1.25. The van der Waals surface area contributed by atoms with Gasteiger partial charge in [0.2, 0.25) is 0 Å². The van der Waals surface area contributed by atoms with Crippen LogP contribution in [0, 0.1) is 5.82 Å². The van der Waals surface area contributed by atoms with Crippen LogP contribution in [-0.2, 0) is 0 Å². The highest BCUT2D eigenvalue weighted by molar-refractivity contribution is 9.10. The molecule has 1 unspecified atom stereocenters. The van der Waals surface area contributed by atoms with Crippen LogP contribution in [0.4, 0.5) is 4.39 Å². The van der Waals surface area contributed by atoms with Gasteiger partial charge >= 0.3 is 0 Å². The van der Waals surface area contributed by atoms with Gasteiger partial charge in [-0.3, -0.25) is 4.79 Å². The first kappa shape index (κ1) is 14.1. The highest BCUT2D eigenvalue weighted by Gasteiger charge is 2.15. The molecule has 1 rings (SSSR count). The molecule has 0 heterocycles. The lowest BCUT2D eigenvalue weighted by molar-refractivity contribution is 0.0946. The fourth-order valence-corrected chi connectivity index (χ4v) is 1.73. The molecule has 0 aromatic heterocycles. The predicted octanol–water partition coefficient (Wildman–Crippen LogP) is 2.38. The van der Waals surface area contributed by atoms with Crippen LogP contribution >= 0.6 is 28.1 Å². The zero-order chi connectivity index (χ0) is 13.0. The third-order valence-electron chi connectivity index (χ3n) is 2.24. The highest BCUT2D eigenvalue weighted by Crippen LogP contribution is 2.16. The van der Waals surface area contributed by atoms with Gasteiger partial charge in [0.15, 0.2) is 0 Å². The SMILES string of the molecule is CCC(NC(=O)c1ccc(Br)c(F)c1)C(N)=S. The second kappa shape index (κ2) is 6.07. The zero-order valence-electron chi connectivity index (χ0n) is 9.17. The summed E-state index contributed by atoms with van der Waals surface area (Å²) in [6.07, 6.45) is 0.597. The summed E-state index contributed by atoms with van der Waals surface area (Å²) in [5.41, 5.74) is 5.70. The fraction of sp³-hybridized carbons (Fsp3) is 0.273. The lowest BCUT2D eigenvalue weighted by atomic mass is 10.1. The number of carbonyl (C=O) groups is 1. The maximum Gasteiger partial charge on any atom is 0.251 e. The van der Waals surface area contributed by atoms with Crippen LogP contribution in [0.1, 0.15) is 23.7 Å². The van der Waals surface area contributed by atoms with E-state index in [1.807, 2.05) is 6.92 Å². The predicted molar refractivity (Wildman–Crippen MR) is 72.4 cm³/mol. The molecular weight excluding hydrogens is 307 g/mol. The molecule has 6 heteroatoms. The van der Waals surface area contributed by atoms with Gasteiger partial charge in [0.1, 0.15) is 5.82 Å². The summed E-state index contributed by atoms with van der Waals surface area (Å²) in [4.78, 5) is 12.0. The molecule has 0 saturated heterocycles. The molecule has 0 aliphatic carbocycles. The molecule has 0 spiro atoms. The van der Waals surface area contributed by atoms with E-state index in [2.05, 4.69) is 21.2 Å². The summed E-state index contributed by atoms with van der Waals surface area (Å²) in [7, 11) is 0. The van der Waals surface area contributed by atoms with Crippen LogP contribution in [0.15, 0.2) is 22.7 Å². The summed E-state index contributed by atoms with van der Waals surface area (Å²) >= 11 is 7.83. The van der Waals surface area contributed by atoms with Gasteiger partial charge in [-0.05, 0) is 40.5 Å². The summed E-state index contributed by atoms with van der Waals surface area (Å²) in [5, 5.41) is 2.64. The van der Waals surface area contributed by atoms with Crippen molar-refractivity contribution in [2.75, 3.05) is 0 Å². The first-order valence-corrected chi connectivity index (χ1v) is 6.21. The van der Waals surface area contributed by atoms with E-state index in [-0.39, 0.29) is 16.6 Å². The average Bonchev–Trinajstić information content (AvgIpc) is 2.28. The number of amides is 1. The monoisotopic (exact) mass is 318 g/mol. The quantitative estimate of drug-likeness (QED) is 0.838. The van der Waals surface area contributed by atoms with Crippen molar-refractivity contribution in [2.24, 2.45) is 5.73 Å². The highest BCUT2D eigenvalue weighted by atomic mass is 79.9.